The molecule has 0 amide bonds. The van der Waals surface area contributed by atoms with Crippen molar-refractivity contribution in [2.24, 2.45) is 17.8 Å². The van der Waals surface area contributed by atoms with E-state index in [0.717, 1.165) is 12.3 Å². The van der Waals surface area contributed by atoms with Crippen LogP contribution < -0.4 is 0 Å². The van der Waals surface area contributed by atoms with Crippen LogP contribution in [0.5, 0.6) is 0 Å². The SMILES string of the molecule is C[C@H]1CC(=O)[C@@H]2CCCC[C@@H]2C1. The van der Waals surface area contributed by atoms with Gasteiger partial charge in [-0.25, -0.2) is 0 Å². The maximum Gasteiger partial charge on any atom is 0.136 e. The van der Waals surface area contributed by atoms with Gasteiger partial charge in [-0.2, -0.15) is 0 Å². The van der Waals surface area contributed by atoms with E-state index in [9.17, 15) is 4.79 Å². The molecular formula is C11H18O. The minimum Gasteiger partial charge on any atom is -0.299 e. The standard InChI is InChI=1S/C11H18O/c1-8-6-9-4-2-3-5-10(9)11(12)7-8/h8-10H,2-7H2,1H3/t8-,9-,10-/m1/s1. The summed E-state index contributed by atoms with van der Waals surface area (Å²) in [4.78, 5) is 11.6. The molecular weight excluding hydrogens is 148 g/mol. The smallest absolute Gasteiger partial charge is 0.136 e. The number of fused-ring (bicyclic) bond motifs is 1. The van der Waals surface area contributed by atoms with Crippen molar-refractivity contribution in [3.05, 3.63) is 0 Å². The van der Waals surface area contributed by atoms with Gasteiger partial charge in [-0.15, -0.1) is 0 Å². The second-order valence-electron chi connectivity index (χ2n) is 4.66. The Bertz CT molecular complexity index is 185. The third-order valence-corrected chi connectivity index (χ3v) is 3.58. The fourth-order valence-corrected chi connectivity index (χ4v) is 3.01. The molecule has 0 aromatic rings. The minimum atomic E-state index is 0.468. The molecule has 0 heterocycles. The highest BCUT2D eigenvalue weighted by atomic mass is 16.1. The van der Waals surface area contributed by atoms with Crippen LogP contribution >= 0.6 is 0 Å². The van der Waals surface area contributed by atoms with Gasteiger partial charge in [-0.1, -0.05) is 19.8 Å². The average Bonchev–Trinajstić information content (AvgIpc) is 2.04. The van der Waals surface area contributed by atoms with Gasteiger partial charge in [0, 0.05) is 12.3 Å². The highest BCUT2D eigenvalue weighted by Gasteiger charge is 2.35. The van der Waals surface area contributed by atoms with Gasteiger partial charge in [0.25, 0.3) is 0 Å². The highest BCUT2D eigenvalue weighted by Crippen LogP contribution is 2.40. The molecule has 0 bridgehead atoms. The zero-order valence-electron chi connectivity index (χ0n) is 7.88. The topological polar surface area (TPSA) is 17.1 Å². The fraction of sp³-hybridized carbons (Fsp3) is 0.909. The second kappa shape index (κ2) is 3.20. The molecule has 0 aromatic heterocycles. The Labute approximate surface area is 74.5 Å². The molecule has 0 aliphatic heterocycles. The molecule has 12 heavy (non-hydrogen) atoms. The molecule has 0 unspecified atom stereocenters. The van der Waals surface area contributed by atoms with Crippen molar-refractivity contribution in [1.29, 1.82) is 0 Å². The molecule has 1 heteroatoms. The number of ketones is 1. The Morgan fingerprint density at radius 3 is 2.83 bits per heavy atom. The summed E-state index contributed by atoms with van der Waals surface area (Å²) in [5, 5.41) is 0. The van der Waals surface area contributed by atoms with Crippen molar-refractivity contribution in [2.75, 3.05) is 0 Å². The van der Waals surface area contributed by atoms with Crippen molar-refractivity contribution in [2.45, 2.75) is 45.4 Å². The third-order valence-electron chi connectivity index (χ3n) is 3.58. The molecule has 3 atom stereocenters. The molecule has 2 aliphatic carbocycles. The summed E-state index contributed by atoms with van der Waals surface area (Å²) in [6, 6.07) is 0. The number of carbonyl (C=O) groups is 1. The van der Waals surface area contributed by atoms with E-state index in [2.05, 4.69) is 6.92 Å². The van der Waals surface area contributed by atoms with Crippen molar-refractivity contribution in [1.82, 2.24) is 0 Å². The Hall–Kier alpha value is -0.330. The molecule has 2 rings (SSSR count). The number of hydrogen-bond donors (Lipinski definition) is 0. The minimum absolute atomic E-state index is 0.468. The van der Waals surface area contributed by atoms with Gasteiger partial charge in [0.15, 0.2) is 0 Å². The van der Waals surface area contributed by atoms with E-state index in [1.807, 2.05) is 0 Å². The summed E-state index contributed by atoms with van der Waals surface area (Å²) in [5.41, 5.74) is 0. The van der Waals surface area contributed by atoms with Gasteiger partial charge in [0.05, 0.1) is 0 Å². The van der Waals surface area contributed by atoms with E-state index < -0.39 is 0 Å². The first-order chi connectivity index (χ1) is 5.77. The van der Waals surface area contributed by atoms with Crippen LogP contribution in [0.25, 0.3) is 0 Å². The van der Waals surface area contributed by atoms with E-state index in [-0.39, 0.29) is 0 Å². The predicted molar refractivity (Wildman–Crippen MR) is 48.9 cm³/mol. The number of Topliss-reactive ketones (excluding diaryl/α,β-unsaturated/α-hetero) is 1. The van der Waals surface area contributed by atoms with Gasteiger partial charge in [-0.3, -0.25) is 4.79 Å². The molecule has 0 saturated heterocycles. The molecule has 0 aromatic carbocycles. The third kappa shape index (κ3) is 1.41. The van der Waals surface area contributed by atoms with Crippen molar-refractivity contribution in [3.8, 4) is 0 Å². The van der Waals surface area contributed by atoms with Crippen molar-refractivity contribution < 1.29 is 4.79 Å². The van der Waals surface area contributed by atoms with E-state index in [1.165, 1.54) is 32.1 Å². The molecule has 0 radical (unpaired) electrons. The monoisotopic (exact) mass is 166 g/mol. The first-order valence-electron chi connectivity index (χ1n) is 5.30. The summed E-state index contributed by atoms with van der Waals surface area (Å²) < 4.78 is 0. The summed E-state index contributed by atoms with van der Waals surface area (Å²) >= 11 is 0. The quantitative estimate of drug-likeness (QED) is 0.541. The van der Waals surface area contributed by atoms with Crippen molar-refractivity contribution >= 4 is 5.78 Å². The average molecular weight is 166 g/mol. The fourth-order valence-electron chi connectivity index (χ4n) is 3.01. The Morgan fingerprint density at radius 1 is 1.25 bits per heavy atom. The molecule has 2 fully saturated rings. The van der Waals surface area contributed by atoms with Crippen LogP contribution in [0.15, 0.2) is 0 Å². The zero-order valence-corrected chi connectivity index (χ0v) is 7.88. The van der Waals surface area contributed by atoms with E-state index >= 15 is 0 Å². The number of hydrogen-bond acceptors (Lipinski definition) is 1. The molecule has 68 valence electrons. The van der Waals surface area contributed by atoms with Crippen LogP contribution in [0.4, 0.5) is 0 Å². The van der Waals surface area contributed by atoms with Gasteiger partial charge < -0.3 is 0 Å². The molecule has 0 N–H and O–H groups in total. The first-order valence-corrected chi connectivity index (χ1v) is 5.30. The summed E-state index contributed by atoms with van der Waals surface area (Å²) in [5.74, 6) is 2.46. The Kier molecular flexibility index (Phi) is 2.20. The Morgan fingerprint density at radius 2 is 2.00 bits per heavy atom. The van der Waals surface area contributed by atoms with Crippen LogP contribution in [-0.2, 0) is 4.79 Å². The second-order valence-corrected chi connectivity index (χ2v) is 4.66. The maximum atomic E-state index is 11.6. The summed E-state index contributed by atoms with van der Waals surface area (Å²) in [7, 11) is 0. The number of rotatable bonds is 0. The summed E-state index contributed by atoms with van der Waals surface area (Å²) in [6.07, 6.45) is 7.34. The lowest BCUT2D eigenvalue weighted by atomic mass is 9.67. The van der Waals surface area contributed by atoms with Crippen LogP contribution in [0.1, 0.15) is 45.4 Å². The largest absolute Gasteiger partial charge is 0.299 e. The van der Waals surface area contributed by atoms with E-state index in [1.54, 1.807) is 0 Å². The lowest BCUT2D eigenvalue weighted by molar-refractivity contribution is -0.129. The molecule has 1 nitrogen and oxygen atoms in total. The highest BCUT2D eigenvalue weighted by molar-refractivity contribution is 5.82. The normalized spacial score (nSPS) is 42.4. The van der Waals surface area contributed by atoms with Crippen molar-refractivity contribution in [3.63, 3.8) is 0 Å². The molecule has 0 spiro atoms. The van der Waals surface area contributed by atoms with Gasteiger partial charge in [0.1, 0.15) is 5.78 Å². The lowest BCUT2D eigenvalue weighted by Gasteiger charge is -2.36. The summed E-state index contributed by atoms with van der Waals surface area (Å²) in [6.45, 7) is 2.22. The molecule has 2 saturated carbocycles. The Balaban J connectivity index is 2.06. The van der Waals surface area contributed by atoms with Crippen LogP contribution in [0, 0.1) is 17.8 Å². The lowest BCUT2D eigenvalue weighted by Crippen LogP contribution is -2.34. The van der Waals surface area contributed by atoms with Crippen LogP contribution in [0.3, 0.4) is 0 Å². The van der Waals surface area contributed by atoms with E-state index in [4.69, 9.17) is 0 Å². The first kappa shape index (κ1) is 8.28. The predicted octanol–water partition coefficient (Wildman–Crippen LogP) is 2.79. The van der Waals surface area contributed by atoms with Crippen LogP contribution in [0.2, 0.25) is 0 Å². The zero-order chi connectivity index (χ0) is 8.55. The van der Waals surface area contributed by atoms with Gasteiger partial charge in [0.2, 0.25) is 0 Å². The number of carbonyl (C=O) groups excluding carboxylic acids is 1. The van der Waals surface area contributed by atoms with Crippen LogP contribution in [-0.4, -0.2) is 5.78 Å². The maximum absolute atomic E-state index is 11.6. The van der Waals surface area contributed by atoms with Gasteiger partial charge >= 0.3 is 0 Å². The molecule has 2 aliphatic rings. The van der Waals surface area contributed by atoms with E-state index in [0.29, 0.717) is 17.6 Å². The van der Waals surface area contributed by atoms with Gasteiger partial charge in [-0.05, 0) is 31.1 Å².